The summed E-state index contributed by atoms with van der Waals surface area (Å²) in [4.78, 5) is 11.1. The maximum Gasteiger partial charge on any atom is 0.160 e. The number of amidine groups is 1. The van der Waals surface area contributed by atoms with Gasteiger partial charge >= 0.3 is 0 Å². The Kier molecular flexibility index (Phi) is 7.82. The zero-order valence-corrected chi connectivity index (χ0v) is 31.4. The molecule has 1 atom stereocenters. The molecule has 0 spiro atoms. The van der Waals surface area contributed by atoms with Crippen molar-refractivity contribution < 1.29 is 4.42 Å². The summed E-state index contributed by atoms with van der Waals surface area (Å²) in [6.07, 6.45) is 3.09. The Morgan fingerprint density at radius 1 is 0.509 bits per heavy atom. The van der Waals surface area contributed by atoms with Gasteiger partial charge in [-0.25, -0.2) is 9.98 Å². The molecule has 0 amide bonds. The van der Waals surface area contributed by atoms with E-state index in [0.717, 1.165) is 84.3 Å². The minimum Gasteiger partial charge on any atom is -0.456 e. The lowest BCUT2D eigenvalue weighted by molar-refractivity contribution is 0.669. The molecule has 3 heterocycles. The molecule has 0 saturated heterocycles. The molecule has 11 rings (SSSR count). The highest BCUT2D eigenvalue weighted by Gasteiger charge is 2.25. The van der Waals surface area contributed by atoms with Crippen LogP contribution in [-0.2, 0) is 0 Å². The van der Waals surface area contributed by atoms with Crippen LogP contribution in [0, 0.1) is 5.92 Å². The summed E-state index contributed by atoms with van der Waals surface area (Å²) >= 11 is 0. The largest absolute Gasteiger partial charge is 0.456 e. The number of fused-ring (bicyclic) bond motifs is 7. The Morgan fingerprint density at radius 3 is 2.00 bits per heavy atom. The van der Waals surface area contributed by atoms with Gasteiger partial charge < -0.3 is 8.98 Å². The first-order valence-corrected chi connectivity index (χ1v) is 19.6. The second-order valence-corrected chi connectivity index (χ2v) is 15.0. The van der Waals surface area contributed by atoms with Crippen LogP contribution in [0.15, 0.2) is 202 Å². The normalized spacial score (nSPS) is 15.7. The van der Waals surface area contributed by atoms with E-state index >= 15 is 0 Å². The number of nitrogens with zero attached hydrogens (tertiary/aromatic N) is 3. The van der Waals surface area contributed by atoms with Crippen molar-refractivity contribution in [2.45, 2.75) is 13.3 Å². The molecule has 0 saturated carbocycles. The third-order valence-electron chi connectivity index (χ3n) is 11.4. The Labute approximate surface area is 330 Å². The van der Waals surface area contributed by atoms with Crippen molar-refractivity contribution in [1.29, 1.82) is 0 Å². The van der Waals surface area contributed by atoms with Gasteiger partial charge in [-0.2, -0.15) is 0 Å². The zero-order valence-electron chi connectivity index (χ0n) is 31.4. The molecular weight excluding hydrogens is 695 g/mol. The second-order valence-electron chi connectivity index (χ2n) is 15.0. The number of hydrogen-bond donors (Lipinski definition) is 0. The molecule has 4 nitrogen and oxygen atoms in total. The van der Waals surface area contributed by atoms with Crippen LogP contribution < -0.4 is 0 Å². The van der Waals surface area contributed by atoms with Gasteiger partial charge in [-0.1, -0.05) is 153 Å². The predicted molar refractivity (Wildman–Crippen MR) is 239 cm³/mol. The topological polar surface area (TPSA) is 42.8 Å². The minimum atomic E-state index is 0.131. The first kappa shape index (κ1) is 33.1. The van der Waals surface area contributed by atoms with E-state index in [9.17, 15) is 0 Å². The van der Waals surface area contributed by atoms with Gasteiger partial charge in [-0.05, 0) is 76.3 Å². The first-order chi connectivity index (χ1) is 28.2. The molecule has 0 fully saturated rings. The van der Waals surface area contributed by atoms with Gasteiger partial charge in [0.1, 0.15) is 11.2 Å². The van der Waals surface area contributed by atoms with Gasteiger partial charge in [0.05, 0.1) is 33.5 Å². The molecule has 270 valence electrons. The lowest BCUT2D eigenvalue weighted by Gasteiger charge is -2.20. The van der Waals surface area contributed by atoms with Crippen molar-refractivity contribution in [3.8, 4) is 16.8 Å². The van der Waals surface area contributed by atoms with Gasteiger partial charge in [0.15, 0.2) is 5.84 Å². The average Bonchev–Trinajstić information content (AvgIpc) is 3.80. The summed E-state index contributed by atoms with van der Waals surface area (Å²) in [5.74, 6) is 0.812. The van der Waals surface area contributed by atoms with E-state index in [1.54, 1.807) is 0 Å². The van der Waals surface area contributed by atoms with Crippen molar-refractivity contribution in [3.63, 3.8) is 0 Å². The van der Waals surface area contributed by atoms with Gasteiger partial charge in [0.2, 0.25) is 0 Å². The zero-order chi connectivity index (χ0) is 37.9. The quantitative estimate of drug-likeness (QED) is 0.174. The summed E-state index contributed by atoms with van der Waals surface area (Å²) in [6.45, 7) is 2.27. The number of aromatic nitrogens is 1. The predicted octanol–water partition coefficient (Wildman–Crippen LogP) is 13.8. The van der Waals surface area contributed by atoms with Crippen LogP contribution in [0.2, 0.25) is 0 Å². The van der Waals surface area contributed by atoms with E-state index in [4.69, 9.17) is 14.4 Å². The summed E-state index contributed by atoms with van der Waals surface area (Å²) in [7, 11) is 0. The molecule has 0 aliphatic carbocycles. The molecule has 57 heavy (non-hydrogen) atoms. The molecule has 1 unspecified atom stereocenters. The van der Waals surface area contributed by atoms with E-state index in [1.807, 2.05) is 6.07 Å². The summed E-state index contributed by atoms with van der Waals surface area (Å²) in [5, 5.41) is 6.95. The second kappa shape index (κ2) is 13.5. The van der Waals surface area contributed by atoms with Gasteiger partial charge in [-0.3, -0.25) is 0 Å². The highest BCUT2D eigenvalue weighted by atomic mass is 16.3. The van der Waals surface area contributed by atoms with Crippen LogP contribution >= 0.6 is 0 Å². The van der Waals surface area contributed by atoms with Crippen molar-refractivity contribution in [2.75, 3.05) is 0 Å². The Bertz CT molecular complexity index is 3270. The number of benzene rings is 8. The van der Waals surface area contributed by atoms with Crippen LogP contribution in [0.5, 0.6) is 0 Å². The molecule has 8 aromatic carbocycles. The van der Waals surface area contributed by atoms with Crippen molar-refractivity contribution in [3.05, 3.63) is 205 Å². The average molecular weight is 732 g/mol. The fraction of sp³-hybridized carbons (Fsp3) is 0.0566. The monoisotopic (exact) mass is 731 g/mol. The fourth-order valence-corrected chi connectivity index (χ4v) is 8.67. The van der Waals surface area contributed by atoms with Crippen LogP contribution in [0.3, 0.4) is 0 Å². The highest BCUT2D eigenvalue weighted by molar-refractivity contribution is 6.19. The molecule has 0 bridgehead atoms. The van der Waals surface area contributed by atoms with Crippen LogP contribution in [0.4, 0.5) is 0 Å². The lowest BCUT2D eigenvalue weighted by Crippen LogP contribution is -2.17. The SMILES string of the molecule is CC1C/C=C(\c2ccc3oc4ccccc4c3c2-n2c3ccccc3c3cc4ccccc4cc32)N=C(c2cccc(-c3ccccc3)c2)N=C1c1ccccc1. The molecular formula is C53H37N3O. The number of para-hydroxylation sites is 2. The standard InChI is InChI=1S/C53H37N3O/c1-34-27-29-45(54-53(55-51(34)36-17-6-3-7-18-36)40-22-14-21-37(31-40)35-15-4-2-5-16-35)42-28-30-49-50(43-24-11-13-26-48(43)57-49)52(42)56-46-25-12-10-23-41(46)44-32-38-19-8-9-20-39(38)33-47(44)56/h2-26,28-34H,27H2,1H3/b45-29+,54-53?,55-51?. The van der Waals surface area contributed by atoms with E-state index in [2.05, 4.69) is 193 Å². The number of aliphatic imine (C=N–C) groups is 2. The fourth-order valence-electron chi connectivity index (χ4n) is 8.67. The first-order valence-electron chi connectivity index (χ1n) is 19.6. The number of furan rings is 1. The molecule has 1 aliphatic rings. The van der Waals surface area contributed by atoms with Crippen LogP contribution in [-0.4, -0.2) is 16.1 Å². The Hall–Kier alpha value is -7.30. The molecule has 2 aromatic heterocycles. The molecule has 0 radical (unpaired) electrons. The molecule has 0 N–H and O–H groups in total. The smallest absolute Gasteiger partial charge is 0.160 e. The Morgan fingerprint density at radius 2 is 1.18 bits per heavy atom. The number of hydrogen-bond acceptors (Lipinski definition) is 3. The van der Waals surface area contributed by atoms with Crippen molar-refractivity contribution in [2.24, 2.45) is 15.9 Å². The van der Waals surface area contributed by atoms with Gasteiger partial charge in [-0.15, -0.1) is 0 Å². The summed E-state index contributed by atoms with van der Waals surface area (Å²) in [5.41, 5.74) is 12.3. The number of allylic oxidation sites excluding steroid dienone is 1. The number of rotatable bonds is 5. The minimum absolute atomic E-state index is 0.131. The Balaban J connectivity index is 1.23. The summed E-state index contributed by atoms with van der Waals surface area (Å²) < 4.78 is 9.06. The van der Waals surface area contributed by atoms with Gasteiger partial charge in [0.25, 0.3) is 0 Å². The lowest BCUT2D eigenvalue weighted by atomic mass is 9.93. The summed E-state index contributed by atoms with van der Waals surface area (Å²) in [6, 6.07) is 64.4. The third kappa shape index (κ3) is 5.60. The van der Waals surface area contributed by atoms with E-state index in [1.165, 1.54) is 21.5 Å². The molecule has 1 aliphatic heterocycles. The maximum absolute atomic E-state index is 6.61. The van der Waals surface area contributed by atoms with Crippen LogP contribution in [0.25, 0.3) is 77.0 Å². The van der Waals surface area contributed by atoms with Crippen molar-refractivity contribution in [1.82, 2.24) is 4.57 Å². The third-order valence-corrected chi connectivity index (χ3v) is 11.4. The van der Waals surface area contributed by atoms with Crippen LogP contribution in [0.1, 0.15) is 30.0 Å². The molecule has 4 heteroatoms. The van der Waals surface area contributed by atoms with Crippen molar-refractivity contribution >= 4 is 71.8 Å². The van der Waals surface area contributed by atoms with Gasteiger partial charge in [0, 0.05) is 33.2 Å². The van der Waals surface area contributed by atoms with E-state index < -0.39 is 0 Å². The maximum atomic E-state index is 6.61. The highest BCUT2D eigenvalue weighted by Crippen LogP contribution is 2.43. The van der Waals surface area contributed by atoms with E-state index in [-0.39, 0.29) is 5.92 Å². The van der Waals surface area contributed by atoms with E-state index in [0.29, 0.717) is 5.84 Å². The molecule has 10 aromatic rings.